The van der Waals surface area contributed by atoms with E-state index in [0.717, 1.165) is 12.1 Å². The third-order valence-electron chi connectivity index (χ3n) is 2.38. The van der Waals surface area contributed by atoms with Gasteiger partial charge in [-0.2, -0.15) is 0 Å². The van der Waals surface area contributed by atoms with Crippen LogP contribution in [0.25, 0.3) is 0 Å². The molecule has 0 aliphatic heterocycles. The first-order chi connectivity index (χ1) is 8.19. The summed E-state index contributed by atoms with van der Waals surface area (Å²) in [4.78, 5) is 23.0. The standard InChI is InChI=1S/C12H17N3O2/c1-3-14-10(9-7-5-4-6-8-9)11(16)15-12(17)13-2/h4-8,10,14H,3H2,1-2H3,(H2,13,15,16,17)/p+1/t10-/m1/s1. The summed E-state index contributed by atoms with van der Waals surface area (Å²) in [5.41, 5.74) is 0.885. The molecule has 0 radical (unpaired) electrons. The predicted molar refractivity (Wildman–Crippen MR) is 64.2 cm³/mol. The van der Waals surface area contributed by atoms with E-state index in [9.17, 15) is 9.59 Å². The Hall–Kier alpha value is -1.88. The summed E-state index contributed by atoms with van der Waals surface area (Å²) in [6.07, 6.45) is 0. The van der Waals surface area contributed by atoms with Gasteiger partial charge < -0.3 is 10.6 Å². The Balaban J connectivity index is 2.79. The highest BCUT2D eigenvalue weighted by Crippen LogP contribution is 2.07. The number of hydrogen-bond acceptors (Lipinski definition) is 2. The summed E-state index contributed by atoms with van der Waals surface area (Å²) >= 11 is 0. The quantitative estimate of drug-likeness (QED) is 0.675. The fourth-order valence-electron chi connectivity index (χ4n) is 1.54. The minimum absolute atomic E-state index is 0.308. The molecule has 0 saturated carbocycles. The molecule has 1 aromatic rings. The van der Waals surface area contributed by atoms with E-state index < -0.39 is 12.1 Å². The van der Waals surface area contributed by atoms with E-state index in [0.29, 0.717) is 0 Å². The molecule has 0 aromatic heterocycles. The maximum absolute atomic E-state index is 11.9. The molecule has 4 N–H and O–H groups in total. The molecule has 5 heteroatoms. The molecule has 1 aromatic carbocycles. The highest BCUT2D eigenvalue weighted by Gasteiger charge is 2.24. The number of quaternary nitrogens is 1. The number of carbonyl (C=O) groups is 2. The van der Waals surface area contributed by atoms with E-state index >= 15 is 0 Å². The number of urea groups is 1. The second-order valence-electron chi connectivity index (χ2n) is 3.60. The van der Waals surface area contributed by atoms with Crippen LogP contribution in [-0.4, -0.2) is 25.5 Å². The average Bonchev–Trinajstić information content (AvgIpc) is 2.36. The van der Waals surface area contributed by atoms with Gasteiger partial charge in [0.25, 0.3) is 5.91 Å². The van der Waals surface area contributed by atoms with Crippen LogP contribution in [0.4, 0.5) is 4.79 Å². The molecule has 0 spiro atoms. The molecule has 17 heavy (non-hydrogen) atoms. The average molecular weight is 236 g/mol. The van der Waals surface area contributed by atoms with Gasteiger partial charge in [-0.25, -0.2) is 4.79 Å². The molecule has 0 fully saturated rings. The molecule has 0 bridgehead atoms. The fourth-order valence-corrected chi connectivity index (χ4v) is 1.54. The Morgan fingerprint density at radius 2 is 1.94 bits per heavy atom. The van der Waals surface area contributed by atoms with Crippen LogP contribution in [-0.2, 0) is 4.79 Å². The monoisotopic (exact) mass is 236 g/mol. The van der Waals surface area contributed by atoms with Crippen molar-refractivity contribution in [1.29, 1.82) is 0 Å². The second-order valence-corrected chi connectivity index (χ2v) is 3.60. The number of carbonyl (C=O) groups excluding carboxylic acids is 2. The Morgan fingerprint density at radius 3 is 2.47 bits per heavy atom. The smallest absolute Gasteiger partial charge is 0.321 e. The van der Waals surface area contributed by atoms with Crippen LogP contribution >= 0.6 is 0 Å². The molecule has 0 saturated heterocycles. The van der Waals surface area contributed by atoms with Crippen LogP contribution < -0.4 is 16.0 Å². The summed E-state index contributed by atoms with van der Waals surface area (Å²) in [7, 11) is 1.48. The van der Waals surface area contributed by atoms with Crippen LogP contribution in [0.1, 0.15) is 18.5 Å². The van der Waals surface area contributed by atoms with Crippen molar-refractivity contribution in [2.45, 2.75) is 13.0 Å². The highest BCUT2D eigenvalue weighted by molar-refractivity contribution is 5.96. The van der Waals surface area contributed by atoms with Crippen LogP contribution in [0.2, 0.25) is 0 Å². The SMILES string of the molecule is CC[NH2+][C@@H](C(=O)NC(=O)NC)c1ccccc1. The zero-order valence-corrected chi connectivity index (χ0v) is 10.1. The third-order valence-corrected chi connectivity index (χ3v) is 2.38. The zero-order chi connectivity index (χ0) is 12.7. The van der Waals surface area contributed by atoms with Gasteiger partial charge >= 0.3 is 6.03 Å². The molecule has 92 valence electrons. The highest BCUT2D eigenvalue weighted by atomic mass is 16.2. The van der Waals surface area contributed by atoms with E-state index in [2.05, 4.69) is 10.6 Å². The van der Waals surface area contributed by atoms with E-state index in [1.54, 1.807) is 0 Å². The van der Waals surface area contributed by atoms with Crippen LogP contribution in [0, 0.1) is 0 Å². The first-order valence-electron chi connectivity index (χ1n) is 5.59. The van der Waals surface area contributed by atoms with Gasteiger partial charge in [0, 0.05) is 12.6 Å². The van der Waals surface area contributed by atoms with Crippen molar-refractivity contribution in [3.63, 3.8) is 0 Å². The lowest BCUT2D eigenvalue weighted by atomic mass is 10.1. The van der Waals surface area contributed by atoms with Crippen molar-refractivity contribution >= 4 is 11.9 Å². The largest absolute Gasteiger partial charge is 0.341 e. The molecule has 0 unspecified atom stereocenters. The Labute approximate surface area is 101 Å². The lowest BCUT2D eigenvalue weighted by molar-refractivity contribution is -0.680. The number of benzene rings is 1. The van der Waals surface area contributed by atoms with Crippen LogP contribution in [0.3, 0.4) is 0 Å². The van der Waals surface area contributed by atoms with E-state index in [-0.39, 0.29) is 5.91 Å². The normalized spacial score (nSPS) is 11.6. The zero-order valence-electron chi connectivity index (χ0n) is 10.1. The van der Waals surface area contributed by atoms with Crippen molar-refractivity contribution in [3.8, 4) is 0 Å². The molecule has 1 rings (SSSR count). The topological polar surface area (TPSA) is 74.8 Å². The van der Waals surface area contributed by atoms with Gasteiger partial charge in [-0.3, -0.25) is 10.1 Å². The van der Waals surface area contributed by atoms with Gasteiger partial charge in [0.05, 0.1) is 6.54 Å². The summed E-state index contributed by atoms with van der Waals surface area (Å²) in [6, 6.07) is 8.51. The molecular formula is C12H18N3O2+. The van der Waals surface area contributed by atoms with Gasteiger partial charge in [0.1, 0.15) is 0 Å². The second kappa shape index (κ2) is 6.65. The van der Waals surface area contributed by atoms with Gasteiger partial charge in [-0.15, -0.1) is 0 Å². The first kappa shape index (κ1) is 13.2. The minimum Gasteiger partial charge on any atom is -0.341 e. The number of hydrogen-bond donors (Lipinski definition) is 3. The van der Waals surface area contributed by atoms with Gasteiger partial charge in [-0.05, 0) is 6.92 Å². The van der Waals surface area contributed by atoms with E-state index in [4.69, 9.17) is 0 Å². The molecule has 5 nitrogen and oxygen atoms in total. The molecule has 0 aliphatic rings. The predicted octanol–water partition coefficient (Wildman–Crippen LogP) is -0.233. The van der Waals surface area contributed by atoms with Gasteiger partial charge in [0.2, 0.25) is 0 Å². The van der Waals surface area contributed by atoms with Gasteiger partial charge in [-0.1, -0.05) is 30.3 Å². The summed E-state index contributed by atoms with van der Waals surface area (Å²) in [6.45, 7) is 2.73. The Kier molecular flexibility index (Phi) is 5.16. The number of imide groups is 1. The Bertz CT molecular complexity index is 379. The maximum atomic E-state index is 11.9. The molecule has 0 heterocycles. The van der Waals surface area contributed by atoms with E-state index in [1.165, 1.54) is 7.05 Å². The maximum Gasteiger partial charge on any atom is 0.321 e. The first-order valence-corrected chi connectivity index (χ1v) is 5.59. The van der Waals surface area contributed by atoms with Crippen molar-refractivity contribution in [3.05, 3.63) is 35.9 Å². The van der Waals surface area contributed by atoms with Crippen molar-refractivity contribution in [2.24, 2.45) is 0 Å². The third kappa shape index (κ3) is 3.88. The van der Waals surface area contributed by atoms with Crippen LogP contribution in [0.15, 0.2) is 30.3 Å². The summed E-state index contributed by atoms with van der Waals surface area (Å²) in [5, 5.41) is 6.53. The lowest BCUT2D eigenvalue weighted by Gasteiger charge is -2.14. The molecule has 0 aliphatic carbocycles. The molecule has 3 amide bonds. The lowest BCUT2D eigenvalue weighted by Crippen LogP contribution is -2.87. The molecule has 1 atom stereocenters. The van der Waals surface area contributed by atoms with Gasteiger partial charge in [0.15, 0.2) is 6.04 Å². The van der Waals surface area contributed by atoms with E-state index in [1.807, 2.05) is 42.6 Å². The number of nitrogens with two attached hydrogens (primary N) is 1. The van der Waals surface area contributed by atoms with Crippen LogP contribution in [0.5, 0.6) is 0 Å². The number of amides is 3. The fraction of sp³-hybridized carbons (Fsp3) is 0.333. The van der Waals surface area contributed by atoms with Crippen molar-refractivity contribution in [1.82, 2.24) is 10.6 Å². The number of likely N-dealkylation sites (N-methyl/N-ethyl adjacent to an activating group) is 1. The number of nitrogens with one attached hydrogen (secondary N) is 2. The van der Waals surface area contributed by atoms with Crippen molar-refractivity contribution < 1.29 is 14.9 Å². The summed E-state index contributed by atoms with van der Waals surface area (Å²) < 4.78 is 0. The molecular weight excluding hydrogens is 218 g/mol. The minimum atomic E-state index is -0.486. The van der Waals surface area contributed by atoms with Crippen molar-refractivity contribution in [2.75, 3.05) is 13.6 Å². The number of rotatable bonds is 4. The Morgan fingerprint density at radius 1 is 1.29 bits per heavy atom. The summed E-state index contributed by atoms with van der Waals surface area (Å²) in [5.74, 6) is -0.308.